The third-order valence-corrected chi connectivity index (χ3v) is 8.01. The molecule has 0 spiro atoms. The average molecular weight is 491 g/mol. The van der Waals surface area contributed by atoms with E-state index in [0.29, 0.717) is 0 Å². The summed E-state index contributed by atoms with van der Waals surface area (Å²) >= 11 is 3.61. The van der Waals surface area contributed by atoms with Crippen molar-refractivity contribution in [2.45, 2.75) is 77.3 Å². The zero-order chi connectivity index (χ0) is 23.3. The summed E-state index contributed by atoms with van der Waals surface area (Å²) in [6, 6.07) is 21.5. The molecule has 4 heteroatoms. The molecule has 2 heterocycles. The van der Waals surface area contributed by atoms with E-state index in [0.717, 1.165) is 13.1 Å². The van der Waals surface area contributed by atoms with Gasteiger partial charge in [-0.3, -0.25) is 0 Å². The van der Waals surface area contributed by atoms with Gasteiger partial charge < -0.3 is 0 Å². The number of nitrogens with zero attached hydrogens (tertiary/aromatic N) is 2. The van der Waals surface area contributed by atoms with E-state index in [1.165, 1.54) is 86.7 Å². The van der Waals surface area contributed by atoms with Gasteiger partial charge in [-0.25, -0.2) is 0 Å². The van der Waals surface area contributed by atoms with E-state index >= 15 is 0 Å². The van der Waals surface area contributed by atoms with E-state index in [2.05, 4.69) is 91.6 Å². The molecule has 0 aliphatic rings. The molecule has 2 nitrogen and oxygen atoms in total. The number of unbranched alkanes of at least 4 members (excludes halogenated alkanes) is 9. The SMILES string of the molecule is c1ccc(-c2csc[n+]2CCCCCCCCCCCC[n+]2cscc2-c2ccccc2)cc1. The van der Waals surface area contributed by atoms with Crippen molar-refractivity contribution >= 4 is 22.7 Å². The Kier molecular flexibility index (Phi) is 10.3. The number of hydrogen-bond donors (Lipinski definition) is 0. The van der Waals surface area contributed by atoms with Crippen LogP contribution in [0.1, 0.15) is 64.2 Å². The number of benzene rings is 2. The monoisotopic (exact) mass is 490 g/mol. The Morgan fingerprint density at radius 1 is 0.441 bits per heavy atom. The van der Waals surface area contributed by atoms with Gasteiger partial charge in [0.25, 0.3) is 0 Å². The first-order chi connectivity index (χ1) is 16.9. The van der Waals surface area contributed by atoms with Crippen LogP contribution in [0.2, 0.25) is 0 Å². The summed E-state index contributed by atoms with van der Waals surface area (Å²) in [5.41, 5.74) is 9.91. The molecule has 178 valence electrons. The molecule has 0 bridgehead atoms. The van der Waals surface area contributed by atoms with Crippen molar-refractivity contribution < 1.29 is 9.13 Å². The van der Waals surface area contributed by atoms with Gasteiger partial charge in [0.1, 0.15) is 13.1 Å². The quantitative estimate of drug-likeness (QED) is 0.117. The van der Waals surface area contributed by atoms with E-state index in [4.69, 9.17) is 0 Å². The van der Waals surface area contributed by atoms with E-state index in [1.807, 2.05) is 0 Å². The average Bonchev–Trinajstić information content (AvgIpc) is 3.55. The summed E-state index contributed by atoms with van der Waals surface area (Å²) < 4.78 is 4.86. The van der Waals surface area contributed by atoms with Crippen LogP contribution in [0.15, 0.2) is 82.4 Å². The van der Waals surface area contributed by atoms with Gasteiger partial charge in [-0.05, 0) is 37.1 Å². The number of hydrogen-bond acceptors (Lipinski definition) is 2. The Hall–Kier alpha value is -2.30. The summed E-state index contributed by atoms with van der Waals surface area (Å²) in [5.74, 6) is 0. The molecular formula is C30H38N2S2+2. The molecular weight excluding hydrogens is 452 g/mol. The zero-order valence-electron chi connectivity index (χ0n) is 20.3. The van der Waals surface area contributed by atoms with Gasteiger partial charge in [0.05, 0.1) is 10.8 Å². The molecule has 0 unspecified atom stereocenters. The van der Waals surface area contributed by atoms with Crippen LogP contribution in [-0.2, 0) is 13.1 Å². The maximum absolute atomic E-state index is 2.43. The Morgan fingerprint density at radius 2 is 0.794 bits per heavy atom. The van der Waals surface area contributed by atoms with E-state index in [1.54, 1.807) is 22.7 Å². The highest BCUT2D eigenvalue weighted by Gasteiger charge is 2.14. The van der Waals surface area contributed by atoms with Crippen molar-refractivity contribution in [2.24, 2.45) is 0 Å². The smallest absolute Gasteiger partial charge is 0.189 e. The van der Waals surface area contributed by atoms with Crippen LogP contribution in [0.3, 0.4) is 0 Å². The van der Waals surface area contributed by atoms with Gasteiger partial charge in [-0.1, -0.05) is 97.6 Å². The molecule has 0 aliphatic carbocycles. The number of thiazole rings is 2. The minimum absolute atomic E-state index is 1.14. The second-order valence-corrected chi connectivity index (χ2v) is 10.6. The van der Waals surface area contributed by atoms with Crippen LogP contribution in [0.25, 0.3) is 22.5 Å². The molecule has 34 heavy (non-hydrogen) atoms. The van der Waals surface area contributed by atoms with Gasteiger partial charge in [-0.15, -0.1) is 0 Å². The summed E-state index contributed by atoms with van der Waals surface area (Å²) in [6.45, 7) is 2.28. The molecule has 4 rings (SSSR count). The summed E-state index contributed by atoms with van der Waals surface area (Å²) in [6.07, 6.45) is 13.6. The summed E-state index contributed by atoms with van der Waals surface area (Å²) in [5, 5.41) is 4.55. The topological polar surface area (TPSA) is 7.76 Å². The molecule has 0 fully saturated rings. The Bertz CT molecular complexity index is 982. The van der Waals surface area contributed by atoms with Crippen molar-refractivity contribution in [3.8, 4) is 22.5 Å². The van der Waals surface area contributed by atoms with Gasteiger partial charge >= 0.3 is 0 Å². The van der Waals surface area contributed by atoms with Gasteiger partial charge in [-0.2, -0.15) is 9.13 Å². The lowest BCUT2D eigenvalue weighted by Gasteiger charge is -2.03. The van der Waals surface area contributed by atoms with E-state index in [-0.39, 0.29) is 0 Å². The molecule has 0 amide bonds. The highest BCUT2D eigenvalue weighted by molar-refractivity contribution is 7.07. The molecule has 0 N–H and O–H groups in total. The van der Waals surface area contributed by atoms with E-state index < -0.39 is 0 Å². The van der Waals surface area contributed by atoms with Gasteiger partial charge in [0.2, 0.25) is 22.4 Å². The van der Waals surface area contributed by atoms with Gasteiger partial charge in [0.15, 0.2) is 0 Å². The highest BCUT2D eigenvalue weighted by Crippen LogP contribution is 2.19. The highest BCUT2D eigenvalue weighted by atomic mass is 32.1. The second kappa shape index (κ2) is 14.2. The van der Waals surface area contributed by atoms with Crippen molar-refractivity contribution in [1.82, 2.24) is 0 Å². The van der Waals surface area contributed by atoms with Crippen LogP contribution in [0, 0.1) is 0 Å². The van der Waals surface area contributed by atoms with Crippen LogP contribution >= 0.6 is 22.7 Å². The minimum atomic E-state index is 1.14. The Labute approximate surface area is 213 Å². The zero-order valence-corrected chi connectivity index (χ0v) is 21.9. The lowest BCUT2D eigenvalue weighted by molar-refractivity contribution is -0.682. The van der Waals surface area contributed by atoms with Crippen molar-refractivity contribution in [3.05, 3.63) is 82.4 Å². The molecule has 2 aromatic carbocycles. The second-order valence-electron chi connectivity index (χ2n) is 9.14. The number of aryl methyl sites for hydroxylation is 2. The fourth-order valence-electron chi connectivity index (χ4n) is 4.60. The van der Waals surface area contributed by atoms with Crippen molar-refractivity contribution in [3.63, 3.8) is 0 Å². The Morgan fingerprint density at radius 3 is 1.18 bits per heavy atom. The normalized spacial score (nSPS) is 11.2. The molecule has 2 aromatic heterocycles. The van der Waals surface area contributed by atoms with E-state index in [9.17, 15) is 0 Å². The molecule has 0 saturated heterocycles. The van der Waals surface area contributed by atoms with Crippen molar-refractivity contribution in [1.29, 1.82) is 0 Å². The van der Waals surface area contributed by atoms with Crippen LogP contribution in [-0.4, -0.2) is 0 Å². The largest absolute Gasteiger partial charge is 0.225 e. The Balaban J connectivity index is 1.01. The van der Waals surface area contributed by atoms with Gasteiger partial charge in [0, 0.05) is 24.0 Å². The fraction of sp³-hybridized carbons (Fsp3) is 0.400. The standard InChI is InChI=1S/C30H38N2S2/c1(3-5-7-15-21-31-25-33-23-29(31)27-17-11-9-12-18-27)2-4-6-8-16-22-32-26-34-24-30(32)28-19-13-10-14-20-28/h9-14,17-20,23-26H,1-8,15-16,21-22H2/q+2. The minimum Gasteiger partial charge on any atom is -0.189 e. The lowest BCUT2D eigenvalue weighted by atomic mass is 10.1. The number of rotatable bonds is 15. The maximum atomic E-state index is 2.43. The molecule has 0 aliphatic heterocycles. The summed E-state index contributed by atoms with van der Waals surface area (Å²) in [4.78, 5) is 0. The number of aromatic nitrogens is 2. The summed E-state index contributed by atoms with van der Waals surface area (Å²) in [7, 11) is 0. The molecule has 0 saturated carbocycles. The molecule has 4 aromatic rings. The fourth-order valence-corrected chi connectivity index (χ4v) is 6.25. The third-order valence-electron chi connectivity index (χ3n) is 6.54. The maximum Gasteiger partial charge on any atom is 0.225 e. The molecule has 0 radical (unpaired) electrons. The third kappa shape index (κ3) is 7.61. The first-order valence-corrected chi connectivity index (χ1v) is 14.8. The lowest BCUT2D eigenvalue weighted by Crippen LogP contribution is -2.33. The van der Waals surface area contributed by atoms with Crippen LogP contribution in [0.5, 0.6) is 0 Å². The van der Waals surface area contributed by atoms with Crippen LogP contribution in [0.4, 0.5) is 0 Å². The van der Waals surface area contributed by atoms with Crippen molar-refractivity contribution in [2.75, 3.05) is 0 Å². The molecule has 0 atom stereocenters. The predicted octanol–water partition coefficient (Wildman–Crippen LogP) is 8.32. The first kappa shape index (κ1) is 24.8. The first-order valence-electron chi connectivity index (χ1n) is 12.9. The predicted molar refractivity (Wildman–Crippen MR) is 146 cm³/mol. The van der Waals surface area contributed by atoms with Crippen LogP contribution < -0.4 is 9.13 Å².